The third-order valence-corrected chi connectivity index (χ3v) is 5.14. The van der Waals surface area contributed by atoms with Crippen molar-refractivity contribution in [1.29, 1.82) is 0 Å². The first-order valence-corrected chi connectivity index (χ1v) is 7.90. The van der Waals surface area contributed by atoms with Crippen molar-refractivity contribution in [2.75, 3.05) is 31.1 Å². The minimum Gasteiger partial charge on any atom is -0.391 e. The molecule has 2 fully saturated rings. The first kappa shape index (κ1) is 13.9. The van der Waals surface area contributed by atoms with E-state index >= 15 is 0 Å². The summed E-state index contributed by atoms with van der Waals surface area (Å²) < 4.78 is 0. The fraction of sp³-hybridized carbons (Fsp3) is 0.647. The fourth-order valence-electron chi connectivity index (χ4n) is 3.72. The molecular formula is C17H26N2O. The molecule has 3 nitrogen and oxygen atoms in total. The van der Waals surface area contributed by atoms with Gasteiger partial charge in [-0.15, -0.1) is 0 Å². The molecular weight excluding hydrogens is 248 g/mol. The number of hydrogen-bond donors (Lipinski definition) is 1. The van der Waals surface area contributed by atoms with Crippen molar-refractivity contribution >= 4 is 5.69 Å². The number of nitrogens with zero attached hydrogens (tertiary/aromatic N) is 2. The van der Waals surface area contributed by atoms with Crippen LogP contribution in [0, 0.1) is 13.8 Å². The molecule has 2 atom stereocenters. The van der Waals surface area contributed by atoms with Crippen LogP contribution in [0.25, 0.3) is 0 Å². The summed E-state index contributed by atoms with van der Waals surface area (Å²) in [5.41, 5.74) is 4.16. The Morgan fingerprint density at radius 3 is 2.45 bits per heavy atom. The Hall–Kier alpha value is -1.06. The highest BCUT2D eigenvalue weighted by molar-refractivity contribution is 5.56. The monoisotopic (exact) mass is 274 g/mol. The molecule has 1 N–H and O–H groups in total. The van der Waals surface area contributed by atoms with Gasteiger partial charge in [-0.2, -0.15) is 0 Å². The molecule has 3 heteroatoms. The Morgan fingerprint density at radius 1 is 1.05 bits per heavy atom. The molecule has 0 spiro atoms. The SMILES string of the molecule is Cc1cccc(N2CCN(C3CCCC3O)CC2)c1C. The molecule has 0 radical (unpaired) electrons. The van der Waals surface area contributed by atoms with Gasteiger partial charge in [-0.1, -0.05) is 12.1 Å². The second kappa shape index (κ2) is 5.74. The molecule has 2 aliphatic rings. The summed E-state index contributed by atoms with van der Waals surface area (Å²) in [6.07, 6.45) is 3.25. The van der Waals surface area contributed by atoms with E-state index < -0.39 is 0 Å². The summed E-state index contributed by atoms with van der Waals surface area (Å²) in [5, 5.41) is 10.0. The summed E-state index contributed by atoms with van der Waals surface area (Å²) >= 11 is 0. The van der Waals surface area contributed by atoms with Crippen molar-refractivity contribution in [1.82, 2.24) is 4.90 Å². The Kier molecular flexibility index (Phi) is 3.99. The molecule has 1 aliphatic carbocycles. The number of aliphatic hydroxyl groups excluding tert-OH is 1. The van der Waals surface area contributed by atoms with Gasteiger partial charge in [-0.25, -0.2) is 0 Å². The van der Waals surface area contributed by atoms with Crippen LogP contribution in [0.4, 0.5) is 5.69 Å². The van der Waals surface area contributed by atoms with Crippen LogP contribution in [0.3, 0.4) is 0 Å². The van der Waals surface area contributed by atoms with Gasteiger partial charge in [0.25, 0.3) is 0 Å². The summed E-state index contributed by atoms with van der Waals surface area (Å²) in [4.78, 5) is 5.00. The predicted molar refractivity (Wildman–Crippen MR) is 83.3 cm³/mol. The molecule has 3 rings (SSSR count). The topological polar surface area (TPSA) is 26.7 Å². The van der Waals surface area contributed by atoms with Crippen molar-refractivity contribution in [2.45, 2.75) is 45.3 Å². The molecule has 1 saturated carbocycles. The smallest absolute Gasteiger partial charge is 0.0695 e. The number of aryl methyl sites for hydroxylation is 1. The van der Waals surface area contributed by atoms with E-state index in [-0.39, 0.29) is 6.10 Å². The number of benzene rings is 1. The van der Waals surface area contributed by atoms with Gasteiger partial charge >= 0.3 is 0 Å². The van der Waals surface area contributed by atoms with E-state index in [4.69, 9.17) is 0 Å². The number of aliphatic hydroxyl groups is 1. The number of hydrogen-bond acceptors (Lipinski definition) is 3. The van der Waals surface area contributed by atoms with Gasteiger partial charge < -0.3 is 10.0 Å². The molecule has 1 aromatic carbocycles. The van der Waals surface area contributed by atoms with E-state index in [0.717, 1.165) is 32.6 Å². The minimum absolute atomic E-state index is 0.0951. The molecule has 0 amide bonds. The summed E-state index contributed by atoms with van der Waals surface area (Å²) in [6.45, 7) is 8.72. The van der Waals surface area contributed by atoms with Crippen molar-refractivity contribution in [2.24, 2.45) is 0 Å². The van der Waals surface area contributed by atoms with Gasteiger partial charge in [0, 0.05) is 37.9 Å². The van der Waals surface area contributed by atoms with Gasteiger partial charge in [0.05, 0.1) is 6.10 Å². The average molecular weight is 274 g/mol. The van der Waals surface area contributed by atoms with E-state index in [1.54, 1.807) is 0 Å². The maximum atomic E-state index is 10.0. The average Bonchev–Trinajstić information content (AvgIpc) is 2.88. The largest absolute Gasteiger partial charge is 0.391 e. The maximum Gasteiger partial charge on any atom is 0.0695 e. The van der Waals surface area contributed by atoms with E-state index in [9.17, 15) is 5.11 Å². The highest BCUT2D eigenvalue weighted by Crippen LogP contribution is 2.28. The van der Waals surface area contributed by atoms with Crippen LogP contribution in [0.15, 0.2) is 18.2 Å². The lowest BCUT2D eigenvalue weighted by atomic mass is 10.1. The number of anilines is 1. The van der Waals surface area contributed by atoms with E-state index in [1.807, 2.05) is 0 Å². The second-order valence-corrected chi connectivity index (χ2v) is 6.31. The molecule has 1 saturated heterocycles. The van der Waals surface area contributed by atoms with Crippen molar-refractivity contribution < 1.29 is 5.11 Å². The first-order chi connectivity index (χ1) is 9.66. The Balaban J connectivity index is 1.65. The lowest BCUT2D eigenvalue weighted by Gasteiger charge is -2.40. The zero-order chi connectivity index (χ0) is 14.1. The van der Waals surface area contributed by atoms with E-state index in [2.05, 4.69) is 41.8 Å². The second-order valence-electron chi connectivity index (χ2n) is 6.31. The Labute approximate surface area is 122 Å². The van der Waals surface area contributed by atoms with Gasteiger partial charge in [-0.05, 0) is 50.3 Å². The van der Waals surface area contributed by atoms with Gasteiger partial charge in [0.1, 0.15) is 0 Å². The van der Waals surface area contributed by atoms with Gasteiger partial charge in [0.15, 0.2) is 0 Å². The zero-order valence-electron chi connectivity index (χ0n) is 12.7. The third kappa shape index (κ3) is 2.57. The van der Waals surface area contributed by atoms with Gasteiger partial charge in [0.2, 0.25) is 0 Å². The van der Waals surface area contributed by atoms with Crippen LogP contribution in [-0.2, 0) is 0 Å². The minimum atomic E-state index is -0.0951. The standard InChI is InChI=1S/C17H26N2O/c1-13-5-3-6-15(14(13)2)18-9-11-19(12-10-18)16-7-4-8-17(16)20/h3,5-6,16-17,20H,4,7-12H2,1-2H3. The van der Waals surface area contributed by atoms with Crippen LogP contribution in [-0.4, -0.2) is 48.3 Å². The fourth-order valence-corrected chi connectivity index (χ4v) is 3.72. The van der Waals surface area contributed by atoms with Crippen LogP contribution >= 0.6 is 0 Å². The van der Waals surface area contributed by atoms with Crippen LogP contribution in [0.2, 0.25) is 0 Å². The third-order valence-electron chi connectivity index (χ3n) is 5.14. The molecule has 0 bridgehead atoms. The highest BCUT2D eigenvalue weighted by Gasteiger charge is 2.32. The predicted octanol–water partition coefficient (Wildman–Crippen LogP) is 2.34. The lowest BCUT2D eigenvalue weighted by molar-refractivity contribution is 0.0671. The van der Waals surface area contributed by atoms with Gasteiger partial charge in [-0.3, -0.25) is 4.90 Å². The molecule has 1 heterocycles. The van der Waals surface area contributed by atoms with E-state index in [1.165, 1.54) is 29.7 Å². The van der Waals surface area contributed by atoms with Crippen LogP contribution in [0.5, 0.6) is 0 Å². The van der Waals surface area contributed by atoms with Crippen molar-refractivity contribution in [3.05, 3.63) is 29.3 Å². The molecule has 2 unspecified atom stereocenters. The highest BCUT2D eigenvalue weighted by atomic mass is 16.3. The van der Waals surface area contributed by atoms with Crippen LogP contribution < -0.4 is 4.90 Å². The molecule has 1 aromatic rings. The quantitative estimate of drug-likeness (QED) is 0.897. The normalized spacial score (nSPS) is 28.1. The number of piperazine rings is 1. The molecule has 110 valence electrons. The summed E-state index contributed by atoms with van der Waals surface area (Å²) in [7, 11) is 0. The summed E-state index contributed by atoms with van der Waals surface area (Å²) in [6, 6.07) is 6.99. The Bertz CT molecular complexity index is 466. The first-order valence-electron chi connectivity index (χ1n) is 7.90. The zero-order valence-corrected chi connectivity index (χ0v) is 12.7. The summed E-state index contributed by atoms with van der Waals surface area (Å²) in [5.74, 6) is 0. The molecule has 0 aromatic heterocycles. The Morgan fingerprint density at radius 2 is 1.80 bits per heavy atom. The number of rotatable bonds is 2. The van der Waals surface area contributed by atoms with Crippen molar-refractivity contribution in [3.63, 3.8) is 0 Å². The maximum absolute atomic E-state index is 10.0. The van der Waals surface area contributed by atoms with Crippen LogP contribution in [0.1, 0.15) is 30.4 Å². The lowest BCUT2D eigenvalue weighted by Crippen LogP contribution is -2.52. The molecule has 1 aliphatic heterocycles. The van der Waals surface area contributed by atoms with E-state index in [0.29, 0.717) is 6.04 Å². The van der Waals surface area contributed by atoms with Crippen molar-refractivity contribution in [3.8, 4) is 0 Å². The molecule has 20 heavy (non-hydrogen) atoms.